The van der Waals surface area contributed by atoms with Crippen LogP contribution >= 0.6 is 0 Å². The number of hydrogen-bond acceptors (Lipinski definition) is 7. The van der Waals surface area contributed by atoms with Gasteiger partial charge in [-0.15, -0.1) is 0 Å². The molecule has 0 aromatic heterocycles. The molecular formula is C14H15F3O7S. The van der Waals surface area contributed by atoms with E-state index in [1.54, 1.807) is 18.2 Å². The van der Waals surface area contributed by atoms with E-state index in [2.05, 4.69) is 4.18 Å². The molecule has 7 nitrogen and oxygen atoms in total. The van der Waals surface area contributed by atoms with Crippen molar-refractivity contribution in [2.24, 2.45) is 0 Å². The molecule has 1 aromatic rings. The van der Waals surface area contributed by atoms with Crippen LogP contribution in [0.2, 0.25) is 0 Å². The first-order valence-corrected chi connectivity index (χ1v) is 8.45. The minimum atomic E-state index is -5.79. The maximum Gasteiger partial charge on any atom is 0.523 e. The zero-order valence-electron chi connectivity index (χ0n) is 12.9. The summed E-state index contributed by atoms with van der Waals surface area (Å²) >= 11 is 0. The second-order valence-electron chi connectivity index (χ2n) is 5.10. The lowest BCUT2D eigenvalue weighted by molar-refractivity contribution is -0.151. The van der Waals surface area contributed by atoms with Crippen molar-refractivity contribution in [3.8, 4) is 0 Å². The topological polar surface area (TPSA) is 88.1 Å². The van der Waals surface area contributed by atoms with Crippen molar-refractivity contribution in [1.82, 2.24) is 0 Å². The Hall–Kier alpha value is -1.69. The van der Waals surface area contributed by atoms with Crippen LogP contribution in [0.15, 0.2) is 30.3 Å². The van der Waals surface area contributed by atoms with Crippen molar-refractivity contribution in [3.63, 3.8) is 0 Å². The van der Waals surface area contributed by atoms with Crippen LogP contribution in [0.5, 0.6) is 0 Å². The molecule has 0 bridgehead atoms. The molecule has 1 aromatic carbocycles. The van der Waals surface area contributed by atoms with E-state index in [-0.39, 0.29) is 18.6 Å². The molecule has 1 fully saturated rings. The zero-order chi connectivity index (χ0) is 18.7. The van der Waals surface area contributed by atoms with Gasteiger partial charge >= 0.3 is 21.6 Å². The standard InChI is InChI=1S/C14H15F3O7S/c1-21-13-11(24-25(19,20)14(15,16)17)7-10(23-13)8-22-12(18)9-5-3-2-4-6-9/h2-6,10-11,13H,7-8H2,1H3/t10-,11-,13+/m0/s1. The fourth-order valence-electron chi connectivity index (χ4n) is 2.15. The molecule has 3 atom stereocenters. The van der Waals surface area contributed by atoms with E-state index in [1.807, 2.05) is 0 Å². The van der Waals surface area contributed by atoms with Gasteiger partial charge in [-0.3, -0.25) is 4.18 Å². The highest BCUT2D eigenvalue weighted by molar-refractivity contribution is 7.87. The summed E-state index contributed by atoms with van der Waals surface area (Å²) in [5.41, 5.74) is -5.26. The molecule has 0 amide bonds. The summed E-state index contributed by atoms with van der Waals surface area (Å²) in [5, 5.41) is 0. The van der Waals surface area contributed by atoms with Crippen LogP contribution < -0.4 is 0 Å². The predicted molar refractivity (Wildman–Crippen MR) is 76.9 cm³/mol. The Morgan fingerprint density at radius 1 is 1.28 bits per heavy atom. The Morgan fingerprint density at radius 3 is 2.48 bits per heavy atom. The summed E-state index contributed by atoms with van der Waals surface area (Å²) in [6.45, 7) is -0.292. The highest BCUT2D eigenvalue weighted by Gasteiger charge is 2.51. The summed E-state index contributed by atoms with van der Waals surface area (Å²) in [5.74, 6) is -0.648. The first-order chi connectivity index (χ1) is 11.6. The summed E-state index contributed by atoms with van der Waals surface area (Å²) in [6, 6.07) is 8.03. The second kappa shape index (κ2) is 7.68. The quantitative estimate of drug-likeness (QED) is 0.420. The Kier molecular flexibility index (Phi) is 6.03. The highest BCUT2D eigenvalue weighted by Crippen LogP contribution is 2.31. The van der Waals surface area contributed by atoms with Crippen LogP contribution in [0.3, 0.4) is 0 Å². The smallest absolute Gasteiger partial charge is 0.459 e. The molecule has 0 unspecified atom stereocenters. The van der Waals surface area contributed by atoms with Crippen molar-refractivity contribution in [1.29, 1.82) is 0 Å². The van der Waals surface area contributed by atoms with Crippen molar-refractivity contribution in [2.45, 2.75) is 30.4 Å². The van der Waals surface area contributed by atoms with Gasteiger partial charge in [0.05, 0.1) is 11.7 Å². The van der Waals surface area contributed by atoms with E-state index < -0.39 is 40.1 Å². The van der Waals surface area contributed by atoms with Crippen LogP contribution in [0.4, 0.5) is 13.2 Å². The number of hydrogen-bond donors (Lipinski definition) is 0. The van der Waals surface area contributed by atoms with Crippen molar-refractivity contribution < 1.29 is 44.8 Å². The number of methoxy groups -OCH3 is 1. The minimum Gasteiger partial charge on any atom is -0.459 e. The van der Waals surface area contributed by atoms with Gasteiger partial charge in [-0.25, -0.2) is 4.79 Å². The molecule has 0 radical (unpaired) electrons. The lowest BCUT2D eigenvalue weighted by Crippen LogP contribution is -2.34. The monoisotopic (exact) mass is 384 g/mol. The molecule has 140 valence electrons. The zero-order valence-corrected chi connectivity index (χ0v) is 13.7. The van der Waals surface area contributed by atoms with E-state index >= 15 is 0 Å². The fourth-order valence-corrected chi connectivity index (χ4v) is 2.75. The molecular weight excluding hydrogens is 369 g/mol. The predicted octanol–water partition coefficient (Wildman–Crippen LogP) is 1.84. The lowest BCUT2D eigenvalue weighted by atomic mass is 10.2. The van der Waals surface area contributed by atoms with Gasteiger partial charge in [0, 0.05) is 13.5 Å². The number of carbonyl (C=O) groups excluding carboxylic acids is 1. The fraction of sp³-hybridized carbons (Fsp3) is 0.500. The molecule has 1 saturated heterocycles. The van der Waals surface area contributed by atoms with E-state index in [4.69, 9.17) is 14.2 Å². The SMILES string of the molecule is CO[C@@H]1O[C@H](COC(=O)c2ccccc2)C[C@@H]1OS(=O)(=O)C(F)(F)F. The molecule has 0 N–H and O–H groups in total. The molecule has 25 heavy (non-hydrogen) atoms. The number of esters is 1. The largest absolute Gasteiger partial charge is 0.523 e. The van der Waals surface area contributed by atoms with Crippen LogP contribution in [-0.2, 0) is 28.5 Å². The van der Waals surface area contributed by atoms with Gasteiger partial charge in [0.15, 0.2) is 6.29 Å². The minimum absolute atomic E-state index is 0.254. The van der Waals surface area contributed by atoms with Gasteiger partial charge in [-0.2, -0.15) is 21.6 Å². The first-order valence-electron chi connectivity index (χ1n) is 7.04. The molecule has 0 aliphatic carbocycles. The van der Waals surface area contributed by atoms with Gasteiger partial charge in [-0.1, -0.05) is 18.2 Å². The number of rotatable bonds is 6. The molecule has 11 heteroatoms. The summed E-state index contributed by atoms with van der Waals surface area (Å²) in [6.07, 6.45) is -3.96. The third kappa shape index (κ3) is 4.91. The lowest BCUT2D eigenvalue weighted by Gasteiger charge is -2.17. The van der Waals surface area contributed by atoms with Crippen LogP contribution in [-0.4, -0.2) is 52.1 Å². The van der Waals surface area contributed by atoms with Gasteiger partial charge in [0.25, 0.3) is 0 Å². The number of carbonyl (C=O) groups is 1. The Balaban J connectivity index is 1.94. The Labute approximate surface area is 141 Å². The van der Waals surface area contributed by atoms with E-state index in [9.17, 15) is 26.4 Å². The summed E-state index contributed by atoms with van der Waals surface area (Å²) in [4.78, 5) is 11.8. The van der Waals surface area contributed by atoms with Gasteiger partial charge in [-0.05, 0) is 12.1 Å². The van der Waals surface area contributed by atoms with Gasteiger partial charge in [0.2, 0.25) is 0 Å². The third-order valence-corrected chi connectivity index (χ3v) is 4.37. The van der Waals surface area contributed by atoms with E-state index in [0.29, 0.717) is 0 Å². The normalized spacial score (nSPS) is 24.2. The van der Waals surface area contributed by atoms with Crippen LogP contribution in [0.1, 0.15) is 16.8 Å². The third-order valence-electron chi connectivity index (χ3n) is 3.30. The first kappa shape index (κ1) is 19.6. The number of ether oxygens (including phenoxy) is 3. The molecule has 0 spiro atoms. The van der Waals surface area contributed by atoms with Crippen LogP contribution in [0, 0.1) is 0 Å². The molecule has 1 aliphatic heterocycles. The van der Waals surface area contributed by atoms with E-state index in [1.165, 1.54) is 12.1 Å². The van der Waals surface area contributed by atoms with Crippen molar-refractivity contribution >= 4 is 16.1 Å². The van der Waals surface area contributed by atoms with Crippen LogP contribution in [0.25, 0.3) is 0 Å². The molecule has 0 saturated carbocycles. The second-order valence-corrected chi connectivity index (χ2v) is 6.66. The highest BCUT2D eigenvalue weighted by atomic mass is 32.2. The average molecular weight is 384 g/mol. The molecule has 1 heterocycles. The van der Waals surface area contributed by atoms with Gasteiger partial charge in [0.1, 0.15) is 12.7 Å². The average Bonchev–Trinajstić information content (AvgIpc) is 2.93. The Bertz CT molecular complexity index is 690. The number of halogens is 3. The summed E-state index contributed by atoms with van der Waals surface area (Å²) < 4.78 is 78.5. The maximum absolute atomic E-state index is 12.4. The maximum atomic E-state index is 12.4. The van der Waals surface area contributed by atoms with Crippen molar-refractivity contribution in [3.05, 3.63) is 35.9 Å². The molecule has 2 rings (SSSR count). The number of alkyl halides is 3. The number of benzene rings is 1. The molecule has 1 aliphatic rings. The summed E-state index contributed by atoms with van der Waals surface area (Å²) in [7, 11) is -4.67. The van der Waals surface area contributed by atoms with Crippen molar-refractivity contribution in [2.75, 3.05) is 13.7 Å². The van der Waals surface area contributed by atoms with Gasteiger partial charge < -0.3 is 14.2 Å². The Morgan fingerprint density at radius 2 is 1.92 bits per heavy atom. The van der Waals surface area contributed by atoms with E-state index in [0.717, 1.165) is 7.11 Å².